The highest BCUT2D eigenvalue weighted by atomic mass is 16.6. The van der Waals surface area contributed by atoms with Gasteiger partial charge in [0.1, 0.15) is 0 Å². The van der Waals surface area contributed by atoms with Gasteiger partial charge in [0, 0.05) is 23.7 Å². The molecule has 3 atom stereocenters. The van der Waals surface area contributed by atoms with Crippen LogP contribution >= 0.6 is 0 Å². The summed E-state index contributed by atoms with van der Waals surface area (Å²) in [5.74, 6) is 0.0798. The van der Waals surface area contributed by atoms with E-state index in [0.29, 0.717) is 5.56 Å². The number of allylic oxidation sites excluding steroid dienone is 2. The lowest BCUT2D eigenvalue weighted by atomic mass is 9.77. The van der Waals surface area contributed by atoms with Gasteiger partial charge in [-0.3, -0.25) is 10.1 Å². The maximum atomic E-state index is 11.6. The van der Waals surface area contributed by atoms with Crippen molar-refractivity contribution in [3.05, 3.63) is 81.4 Å². The van der Waals surface area contributed by atoms with Gasteiger partial charge in [-0.2, -0.15) is 0 Å². The normalized spacial score (nSPS) is 22.9. The topological polar surface area (TPSA) is 81.5 Å². The Morgan fingerprint density at radius 2 is 2.00 bits per heavy atom. The van der Waals surface area contributed by atoms with E-state index in [-0.39, 0.29) is 34.5 Å². The van der Waals surface area contributed by atoms with E-state index in [1.54, 1.807) is 24.3 Å². The van der Waals surface area contributed by atoms with Crippen LogP contribution in [-0.2, 0) is 4.74 Å². The first kappa shape index (κ1) is 16.3. The number of nitrogens with one attached hydrogen (secondary N) is 1. The zero-order chi connectivity index (χ0) is 18.3. The second kappa shape index (κ2) is 6.29. The number of nitro groups is 1. The molecule has 0 unspecified atom stereocenters. The van der Waals surface area contributed by atoms with E-state index < -0.39 is 0 Å². The Hall–Kier alpha value is -3.15. The fourth-order valence-electron chi connectivity index (χ4n) is 3.97. The first-order valence-electron chi connectivity index (χ1n) is 8.48. The van der Waals surface area contributed by atoms with Crippen molar-refractivity contribution in [2.75, 3.05) is 12.4 Å². The number of carbonyl (C=O) groups is 1. The Balaban J connectivity index is 1.69. The summed E-state index contributed by atoms with van der Waals surface area (Å²) in [5, 5.41) is 14.6. The van der Waals surface area contributed by atoms with Gasteiger partial charge in [-0.1, -0.05) is 24.3 Å². The van der Waals surface area contributed by atoms with Crippen LogP contribution in [-0.4, -0.2) is 18.0 Å². The molecule has 1 heterocycles. The summed E-state index contributed by atoms with van der Waals surface area (Å²) in [7, 11) is 1.36. The number of hydrogen-bond acceptors (Lipinski definition) is 5. The van der Waals surface area contributed by atoms with Crippen LogP contribution in [0.3, 0.4) is 0 Å². The molecule has 0 aromatic heterocycles. The largest absolute Gasteiger partial charge is 0.465 e. The first-order chi connectivity index (χ1) is 12.6. The average molecular weight is 350 g/mol. The van der Waals surface area contributed by atoms with Crippen LogP contribution in [0.4, 0.5) is 11.4 Å². The minimum atomic E-state index is -0.356. The molecular formula is C20H18N2O4. The summed E-state index contributed by atoms with van der Waals surface area (Å²) in [5.41, 5.74) is 3.61. The number of anilines is 1. The number of benzene rings is 2. The fourth-order valence-corrected chi connectivity index (χ4v) is 3.97. The number of carbonyl (C=O) groups excluding carboxylic acids is 1. The molecule has 0 saturated heterocycles. The van der Waals surface area contributed by atoms with Gasteiger partial charge in [0.2, 0.25) is 0 Å². The SMILES string of the molecule is COC(=O)c1ccc([C@@H]2Nc3ccc([N+](=O)[O-])cc3[C@@H]3C=CC[C@@H]32)cc1. The summed E-state index contributed by atoms with van der Waals surface area (Å²) in [6.07, 6.45) is 5.19. The smallest absolute Gasteiger partial charge is 0.337 e. The van der Waals surface area contributed by atoms with Gasteiger partial charge in [0.05, 0.1) is 23.6 Å². The highest BCUT2D eigenvalue weighted by Gasteiger charge is 2.38. The monoisotopic (exact) mass is 350 g/mol. The number of nitro benzene ring substituents is 1. The number of non-ortho nitro benzene ring substituents is 1. The number of esters is 1. The Kier molecular flexibility index (Phi) is 3.95. The predicted molar refractivity (Wildman–Crippen MR) is 97.2 cm³/mol. The highest BCUT2D eigenvalue weighted by molar-refractivity contribution is 5.89. The molecule has 4 rings (SSSR count). The van der Waals surface area contributed by atoms with Crippen molar-refractivity contribution >= 4 is 17.3 Å². The van der Waals surface area contributed by atoms with E-state index in [9.17, 15) is 14.9 Å². The second-order valence-electron chi connectivity index (χ2n) is 6.62. The minimum Gasteiger partial charge on any atom is -0.465 e. The second-order valence-corrected chi connectivity index (χ2v) is 6.62. The lowest BCUT2D eigenvalue weighted by Gasteiger charge is -2.37. The van der Waals surface area contributed by atoms with Gasteiger partial charge in [0.25, 0.3) is 5.69 Å². The Morgan fingerprint density at radius 1 is 1.23 bits per heavy atom. The summed E-state index contributed by atoms with van der Waals surface area (Å²) in [6, 6.07) is 12.5. The van der Waals surface area contributed by atoms with Crippen LogP contribution in [0.15, 0.2) is 54.6 Å². The molecule has 26 heavy (non-hydrogen) atoms. The van der Waals surface area contributed by atoms with Gasteiger partial charge in [-0.05, 0) is 41.7 Å². The number of nitrogens with zero attached hydrogens (tertiary/aromatic N) is 1. The molecule has 0 radical (unpaired) electrons. The molecule has 2 aromatic carbocycles. The van der Waals surface area contributed by atoms with Crippen molar-refractivity contribution in [1.29, 1.82) is 0 Å². The third-order valence-corrected chi connectivity index (χ3v) is 5.25. The zero-order valence-corrected chi connectivity index (χ0v) is 14.2. The molecule has 0 bridgehead atoms. The van der Waals surface area contributed by atoms with E-state index in [1.807, 2.05) is 12.1 Å². The van der Waals surface area contributed by atoms with Crippen LogP contribution in [0.25, 0.3) is 0 Å². The quantitative estimate of drug-likeness (QED) is 0.388. The molecule has 1 aliphatic carbocycles. The van der Waals surface area contributed by atoms with Gasteiger partial charge in [-0.25, -0.2) is 4.79 Å². The molecule has 6 nitrogen and oxygen atoms in total. The van der Waals surface area contributed by atoms with E-state index in [0.717, 1.165) is 23.2 Å². The highest BCUT2D eigenvalue weighted by Crippen LogP contribution is 2.50. The Labute approximate surface area is 150 Å². The number of methoxy groups -OCH3 is 1. The van der Waals surface area contributed by atoms with Crippen molar-refractivity contribution in [2.24, 2.45) is 5.92 Å². The maximum absolute atomic E-state index is 11.6. The van der Waals surface area contributed by atoms with Crippen LogP contribution in [0.1, 0.15) is 39.9 Å². The lowest BCUT2D eigenvalue weighted by Crippen LogP contribution is -2.29. The van der Waals surface area contributed by atoms with Crippen LogP contribution in [0.2, 0.25) is 0 Å². The van der Waals surface area contributed by atoms with Crippen molar-refractivity contribution in [1.82, 2.24) is 0 Å². The average Bonchev–Trinajstić information content (AvgIpc) is 3.16. The summed E-state index contributed by atoms with van der Waals surface area (Å²) in [6.45, 7) is 0. The van der Waals surface area contributed by atoms with Crippen LogP contribution < -0.4 is 5.32 Å². The lowest BCUT2D eigenvalue weighted by molar-refractivity contribution is -0.384. The van der Waals surface area contributed by atoms with Crippen molar-refractivity contribution in [3.63, 3.8) is 0 Å². The summed E-state index contributed by atoms with van der Waals surface area (Å²) in [4.78, 5) is 22.4. The minimum absolute atomic E-state index is 0.0793. The number of ether oxygens (including phenoxy) is 1. The van der Waals surface area contributed by atoms with E-state index in [2.05, 4.69) is 17.5 Å². The van der Waals surface area contributed by atoms with Crippen LogP contribution in [0.5, 0.6) is 0 Å². The molecule has 2 aliphatic rings. The van der Waals surface area contributed by atoms with Crippen molar-refractivity contribution in [3.8, 4) is 0 Å². The molecule has 0 fully saturated rings. The predicted octanol–water partition coefficient (Wildman–Crippen LogP) is 4.21. The molecule has 0 amide bonds. The van der Waals surface area contributed by atoms with Gasteiger partial charge < -0.3 is 10.1 Å². The molecule has 132 valence electrons. The zero-order valence-electron chi connectivity index (χ0n) is 14.2. The molecule has 1 aliphatic heterocycles. The van der Waals surface area contributed by atoms with Crippen LogP contribution in [0, 0.1) is 16.0 Å². The third kappa shape index (κ3) is 2.63. The molecular weight excluding hydrogens is 332 g/mol. The molecule has 2 aromatic rings. The van der Waals surface area contributed by atoms with E-state index >= 15 is 0 Å². The standard InChI is InChI=1S/C20H18N2O4/c1-26-20(23)13-7-5-12(6-8-13)19-16-4-2-3-15(16)17-11-14(22(24)25)9-10-18(17)21-19/h2-3,5-11,15-16,19,21H,4H2,1H3/t15-,16+,19+/m1/s1. The Bertz CT molecular complexity index is 905. The summed E-state index contributed by atoms with van der Waals surface area (Å²) >= 11 is 0. The number of rotatable bonds is 3. The Morgan fingerprint density at radius 3 is 2.69 bits per heavy atom. The van der Waals surface area contributed by atoms with Gasteiger partial charge in [0.15, 0.2) is 0 Å². The van der Waals surface area contributed by atoms with E-state index in [1.165, 1.54) is 13.2 Å². The maximum Gasteiger partial charge on any atom is 0.337 e. The van der Waals surface area contributed by atoms with Gasteiger partial charge >= 0.3 is 5.97 Å². The number of hydrogen-bond donors (Lipinski definition) is 1. The molecule has 0 spiro atoms. The van der Waals surface area contributed by atoms with Gasteiger partial charge in [-0.15, -0.1) is 0 Å². The molecule has 1 N–H and O–H groups in total. The third-order valence-electron chi connectivity index (χ3n) is 5.25. The van der Waals surface area contributed by atoms with Crippen molar-refractivity contribution in [2.45, 2.75) is 18.4 Å². The van der Waals surface area contributed by atoms with Crippen molar-refractivity contribution < 1.29 is 14.5 Å². The van der Waals surface area contributed by atoms with E-state index in [4.69, 9.17) is 4.74 Å². The molecule has 0 saturated carbocycles. The summed E-state index contributed by atoms with van der Waals surface area (Å²) < 4.78 is 4.75. The number of fused-ring (bicyclic) bond motifs is 3. The molecule has 6 heteroatoms. The first-order valence-corrected chi connectivity index (χ1v) is 8.48. The fraction of sp³-hybridized carbons (Fsp3) is 0.250.